The van der Waals surface area contributed by atoms with Gasteiger partial charge in [0.05, 0.1) is 31.5 Å². The average molecular weight is 631 g/mol. The minimum Gasteiger partial charge on any atom is -0.404 e. The van der Waals surface area contributed by atoms with Crippen molar-refractivity contribution in [3.8, 4) is 0 Å². The fourth-order valence-corrected chi connectivity index (χ4v) is 12.3. The minimum absolute atomic E-state index is 0.0605. The lowest BCUT2D eigenvalue weighted by molar-refractivity contribution is -0.331. The summed E-state index contributed by atoms with van der Waals surface area (Å²) in [7, 11) is -2.88. The van der Waals surface area contributed by atoms with E-state index in [4.69, 9.17) is 23.4 Å². The molecule has 242 valence electrons. The summed E-state index contributed by atoms with van der Waals surface area (Å²) < 4.78 is 33.5. The van der Waals surface area contributed by atoms with Crippen LogP contribution in [-0.2, 0) is 30.0 Å². The molecule has 7 atom stereocenters. The Morgan fingerprint density at radius 1 is 0.867 bits per heavy atom. The summed E-state index contributed by atoms with van der Waals surface area (Å²) in [5.41, 5.74) is 0.468. The number of ether oxygens (including phenoxy) is 4. The molecule has 45 heavy (non-hydrogen) atoms. The predicted molar refractivity (Wildman–Crippen MR) is 179 cm³/mol. The molecule has 0 aliphatic carbocycles. The van der Waals surface area contributed by atoms with Crippen LogP contribution in [-0.4, -0.2) is 62.9 Å². The highest BCUT2D eigenvalue weighted by Crippen LogP contribution is 2.56. The van der Waals surface area contributed by atoms with Gasteiger partial charge in [-0.1, -0.05) is 133 Å². The van der Waals surface area contributed by atoms with Gasteiger partial charge in [-0.2, -0.15) is 0 Å². The average Bonchev–Trinajstić information content (AvgIpc) is 3.86. The molecule has 0 aromatic heterocycles. The fourth-order valence-electron chi connectivity index (χ4n) is 7.53. The van der Waals surface area contributed by atoms with Crippen LogP contribution in [0.4, 0.5) is 0 Å². The van der Waals surface area contributed by atoms with Gasteiger partial charge in [-0.05, 0) is 27.4 Å². The Morgan fingerprint density at radius 2 is 1.42 bits per heavy atom. The third kappa shape index (κ3) is 6.09. The zero-order chi connectivity index (χ0) is 31.9. The maximum absolute atomic E-state index is 11.6. The van der Waals surface area contributed by atoms with Crippen molar-refractivity contribution >= 4 is 18.7 Å². The first-order chi connectivity index (χ1) is 21.5. The summed E-state index contributed by atoms with van der Waals surface area (Å²) in [6.07, 6.45) is -0.425. The number of epoxide rings is 1. The van der Waals surface area contributed by atoms with E-state index in [0.717, 1.165) is 5.56 Å². The molecular weight excluding hydrogens is 580 g/mol. The van der Waals surface area contributed by atoms with Crippen LogP contribution in [0.25, 0.3) is 0 Å². The molecule has 3 aromatic carbocycles. The van der Waals surface area contributed by atoms with Gasteiger partial charge in [-0.3, -0.25) is 0 Å². The number of aliphatic hydroxyl groups excluding tert-OH is 1. The van der Waals surface area contributed by atoms with Crippen LogP contribution < -0.4 is 10.4 Å². The summed E-state index contributed by atoms with van der Waals surface area (Å²) in [4.78, 5) is 0. The van der Waals surface area contributed by atoms with Crippen LogP contribution in [0.3, 0.4) is 0 Å². The lowest BCUT2D eigenvalue weighted by Gasteiger charge is -2.54. The van der Waals surface area contributed by atoms with Gasteiger partial charge in [-0.25, -0.2) is 0 Å². The molecule has 3 aromatic rings. The molecule has 0 bridgehead atoms. The molecule has 6 rings (SSSR count). The second kappa shape index (κ2) is 12.7. The number of benzene rings is 3. The van der Waals surface area contributed by atoms with E-state index in [-0.39, 0.29) is 29.3 Å². The van der Waals surface area contributed by atoms with Gasteiger partial charge in [-0.15, -0.1) is 0 Å². The SMILES string of the molecule is C[C@@H]1[C@@H](O[Si](c2ccccc2)(c2ccccc2)C(C)(C)C)C[C@@]2(O[C@@H]([C@H]3CO3)[C@@H](O)C2(C)C)O[C@@H]1CCOCc1ccccc1. The van der Waals surface area contributed by atoms with Crippen molar-refractivity contribution in [3.63, 3.8) is 0 Å². The molecular formula is C38H50O6Si. The number of hydrogen-bond acceptors (Lipinski definition) is 6. The molecule has 7 heteroatoms. The lowest BCUT2D eigenvalue weighted by Crippen LogP contribution is -2.70. The smallest absolute Gasteiger partial charge is 0.261 e. The summed E-state index contributed by atoms with van der Waals surface area (Å²) in [6, 6.07) is 31.8. The van der Waals surface area contributed by atoms with Gasteiger partial charge in [0.2, 0.25) is 0 Å². The minimum atomic E-state index is -2.88. The molecule has 0 unspecified atom stereocenters. The molecule has 3 heterocycles. The van der Waals surface area contributed by atoms with Gasteiger partial charge in [0.25, 0.3) is 8.32 Å². The summed E-state index contributed by atoms with van der Waals surface area (Å²) in [5, 5.41) is 13.9. The second-order valence-electron chi connectivity index (χ2n) is 14.7. The molecule has 1 N–H and O–H groups in total. The van der Waals surface area contributed by atoms with E-state index < -0.39 is 31.7 Å². The zero-order valence-corrected chi connectivity index (χ0v) is 28.6. The standard InChI is InChI=1S/C38H50O6Si/c1-27-31(22-23-40-25-28-16-10-7-11-17-28)42-38(37(5,6)35(39)34(43-38)33-26-41-33)24-32(27)44-45(36(2,3)4,29-18-12-8-13-19-29)30-20-14-9-15-21-30/h7-21,27,31-35,39H,22-26H2,1-6H3/t27-,31+,32-,33+,34-,35+,38-/m0/s1. The molecule has 0 saturated carbocycles. The first kappa shape index (κ1) is 32.6. The van der Waals surface area contributed by atoms with Crippen LogP contribution in [0, 0.1) is 11.3 Å². The second-order valence-corrected chi connectivity index (χ2v) is 19.0. The van der Waals surface area contributed by atoms with Gasteiger partial charge in [0.15, 0.2) is 5.79 Å². The van der Waals surface area contributed by atoms with E-state index in [1.54, 1.807) is 0 Å². The first-order valence-corrected chi connectivity index (χ1v) is 18.5. The topological polar surface area (TPSA) is 69.7 Å². The maximum Gasteiger partial charge on any atom is 0.261 e. The first-order valence-electron chi connectivity index (χ1n) is 16.5. The maximum atomic E-state index is 11.6. The van der Waals surface area contributed by atoms with E-state index in [9.17, 15) is 5.11 Å². The van der Waals surface area contributed by atoms with E-state index in [0.29, 0.717) is 32.7 Å². The summed E-state index contributed by atoms with van der Waals surface area (Å²) in [5.74, 6) is -0.972. The third-order valence-corrected chi connectivity index (χ3v) is 15.5. The Bertz CT molecular complexity index is 1350. The van der Waals surface area contributed by atoms with Crippen LogP contribution >= 0.6 is 0 Å². The van der Waals surface area contributed by atoms with Crippen LogP contribution in [0.15, 0.2) is 91.0 Å². The van der Waals surface area contributed by atoms with Crippen LogP contribution in [0.5, 0.6) is 0 Å². The van der Waals surface area contributed by atoms with Crippen molar-refractivity contribution in [3.05, 3.63) is 96.6 Å². The zero-order valence-electron chi connectivity index (χ0n) is 27.6. The number of rotatable bonds is 10. The van der Waals surface area contributed by atoms with Crippen molar-refractivity contribution in [1.29, 1.82) is 0 Å². The highest BCUT2D eigenvalue weighted by Gasteiger charge is 2.68. The Labute approximate surface area is 270 Å². The van der Waals surface area contributed by atoms with Crippen molar-refractivity contribution < 1.29 is 28.5 Å². The van der Waals surface area contributed by atoms with Crippen molar-refractivity contribution in [2.75, 3.05) is 13.2 Å². The predicted octanol–water partition coefficient (Wildman–Crippen LogP) is 5.84. The summed E-state index contributed by atoms with van der Waals surface area (Å²) >= 11 is 0. The molecule has 3 fully saturated rings. The van der Waals surface area contributed by atoms with Gasteiger partial charge < -0.3 is 28.5 Å². The highest BCUT2D eigenvalue weighted by molar-refractivity contribution is 6.99. The van der Waals surface area contributed by atoms with Crippen LogP contribution in [0.2, 0.25) is 5.04 Å². The van der Waals surface area contributed by atoms with Gasteiger partial charge >= 0.3 is 0 Å². The molecule has 0 amide bonds. The normalized spacial score (nSPS) is 31.3. The van der Waals surface area contributed by atoms with Crippen LogP contribution in [0.1, 0.15) is 59.9 Å². The Morgan fingerprint density at radius 3 is 1.96 bits per heavy atom. The Hall–Kier alpha value is -2.36. The lowest BCUT2D eigenvalue weighted by atomic mass is 9.73. The largest absolute Gasteiger partial charge is 0.404 e. The van der Waals surface area contributed by atoms with E-state index in [1.165, 1.54) is 10.4 Å². The third-order valence-electron chi connectivity index (χ3n) is 10.5. The Kier molecular flexibility index (Phi) is 9.18. The molecule has 6 nitrogen and oxygen atoms in total. The molecule has 3 saturated heterocycles. The van der Waals surface area contributed by atoms with Crippen molar-refractivity contribution in [1.82, 2.24) is 0 Å². The number of aliphatic hydroxyl groups is 1. The van der Waals surface area contributed by atoms with Crippen molar-refractivity contribution in [2.24, 2.45) is 11.3 Å². The monoisotopic (exact) mass is 630 g/mol. The quantitative estimate of drug-likeness (QED) is 0.172. The molecule has 3 aliphatic rings. The highest BCUT2D eigenvalue weighted by atomic mass is 28.4. The molecule has 1 spiro atoms. The van der Waals surface area contributed by atoms with E-state index in [2.05, 4.69) is 114 Å². The molecule has 3 aliphatic heterocycles. The van der Waals surface area contributed by atoms with E-state index in [1.807, 2.05) is 18.2 Å². The van der Waals surface area contributed by atoms with Crippen molar-refractivity contribution in [2.45, 2.75) is 102 Å². The van der Waals surface area contributed by atoms with E-state index >= 15 is 0 Å². The Balaban J connectivity index is 1.36. The van der Waals surface area contributed by atoms with Gasteiger partial charge in [0.1, 0.15) is 12.2 Å². The van der Waals surface area contributed by atoms with Gasteiger partial charge in [0, 0.05) is 24.4 Å². The molecule has 0 radical (unpaired) electrons. The number of hydrogen-bond donors (Lipinski definition) is 1. The summed E-state index contributed by atoms with van der Waals surface area (Å²) in [6.45, 7) is 15.0. The fraction of sp³-hybridized carbons (Fsp3) is 0.526.